The molecule has 32 heavy (non-hydrogen) atoms. The number of fused-ring (bicyclic) bond motifs is 1. The van der Waals surface area contributed by atoms with Crippen molar-refractivity contribution >= 4 is 27.3 Å². The van der Waals surface area contributed by atoms with E-state index in [0.29, 0.717) is 41.1 Å². The predicted molar refractivity (Wildman–Crippen MR) is 123 cm³/mol. The number of rotatable bonds is 4. The van der Waals surface area contributed by atoms with Gasteiger partial charge in [-0.1, -0.05) is 12.1 Å². The Balaban J connectivity index is 1.76. The minimum atomic E-state index is -3.53. The molecule has 1 saturated heterocycles. The Kier molecular flexibility index (Phi) is 5.58. The van der Waals surface area contributed by atoms with E-state index in [2.05, 4.69) is 10.1 Å². The zero-order valence-corrected chi connectivity index (χ0v) is 19.4. The van der Waals surface area contributed by atoms with Gasteiger partial charge in [-0.05, 0) is 45.2 Å². The number of carbonyl (C=O) groups is 1. The lowest BCUT2D eigenvalue weighted by molar-refractivity contribution is 0.0606. The van der Waals surface area contributed by atoms with Crippen LogP contribution < -0.4 is 9.86 Å². The lowest BCUT2D eigenvalue weighted by atomic mass is 9.98. The number of nitrogens with zero attached hydrogens (tertiary/aromatic N) is 4. The number of aryl methyl sites for hydroxylation is 1. The van der Waals surface area contributed by atoms with Gasteiger partial charge < -0.3 is 9.88 Å². The number of carbonyl (C=O) groups excluding carboxylic acids is 1. The molecule has 1 aromatic carbocycles. The van der Waals surface area contributed by atoms with Crippen molar-refractivity contribution < 1.29 is 13.2 Å². The number of aromatic nitrogens is 3. The molecule has 1 aliphatic heterocycles. The number of benzene rings is 1. The van der Waals surface area contributed by atoms with Crippen molar-refractivity contribution in [3.63, 3.8) is 0 Å². The Morgan fingerprint density at radius 2 is 1.94 bits per heavy atom. The second-order valence-electron chi connectivity index (χ2n) is 8.30. The zero-order valence-electron chi connectivity index (χ0n) is 18.6. The highest BCUT2D eigenvalue weighted by Crippen LogP contribution is 2.33. The molecule has 2 aromatic heterocycles. The number of aromatic amines is 1. The minimum Gasteiger partial charge on any atom is -0.343 e. The average Bonchev–Trinajstić information content (AvgIpc) is 3.20. The normalized spacial score (nSPS) is 17.0. The summed E-state index contributed by atoms with van der Waals surface area (Å²) in [6.45, 7) is 4.12. The number of para-hydroxylation sites is 1. The molecule has 1 N–H and O–H groups in total. The molecule has 1 fully saturated rings. The van der Waals surface area contributed by atoms with Crippen molar-refractivity contribution in [2.24, 2.45) is 0 Å². The number of hydrogen-bond acceptors (Lipinski definition) is 5. The number of anilines is 1. The summed E-state index contributed by atoms with van der Waals surface area (Å²) in [4.78, 5) is 31.2. The van der Waals surface area contributed by atoms with E-state index in [9.17, 15) is 18.0 Å². The first-order chi connectivity index (χ1) is 15.1. The molecule has 1 atom stereocenters. The van der Waals surface area contributed by atoms with Gasteiger partial charge in [0.2, 0.25) is 10.0 Å². The third-order valence-corrected chi connectivity index (χ3v) is 7.39. The van der Waals surface area contributed by atoms with E-state index in [0.717, 1.165) is 29.1 Å². The summed E-state index contributed by atoms with van der Waals surface area (Å²) in [5.41, 5.74) is 3.08. The molecule has 0 saturated carbocycles. The predicted octanol–water partition coefficient (Wildman–Crippen LogP) is 2.40. The monoisotopic (exact) mass is 457 g/mol. The third-order valence-electron chi connectivity index (χ3n) is 6.20. The number of sulfonamides is 1. The smallest absolute Gasteiger partial charge is 0.277 e. The quantitative estimate of drug-likeness (QED) is 0.647. The first-order valence-corrected chi connectivity index (χ1v) is 12.4. The number of amides is 1. The van der Waals surface area contributed by atoms with Crippen LogP contribution in [0.5, 0.6) is 0 Å². The van der Waals surface area contributed by atoms with Gasteiger partial charge in [-0.3, -0.25) is 13.9 Å². The van der Waals surface area contributed by atoms with Crippen molar-refractivity contribution in [2.45, 2.75) is 39.2 Å². The van der Waals surface area contributed by atoms with Crippen molar-refractivity contribution in [2.75, 3.05) is 24.2 Å². The van der Waals surface area contributed by atoms with E-state index in [-0.39, 0.29) is 17.5 Å². The van der Waals surface area contributed by atoms with Gasteiger partial charge in [0.15, 0.2) is 0 Å². The number of H-pyrrole nitrogens is 1. The van der Waals surface area contributed by atoms with Gasteiger partial charge >= 0.3 is 0 Å². The van der Waals surface area contributed by atoms with Crippen LogP contribution in [-0.2, 0) is 10.0 Å². The molecule has 1 amide bonds. The standard InChI is InChI=1S/C22H27N5O4S/c1-14-15(2)23-20-13-17(24-27(20)21(14)28)19-11-7-8-12-26(19)22(29)16-9-5-6-10-18(16)25(3)32(4,30)31/h5-6,9-10,13,19,23H,7-8,11-12H2,1-4H3/t19-/m0/s1. The van der Waals surface area contributed by atoms with Gasteiger partial charge in [-0.2, -0.15) is 9.61 Å². The van der Waals surface area contributed by atoms with Gasteiger partial charge in [-0.25, -0.2) is 8.42 Å². The van der Waals surface area contributed by atoms with E-state index >= 15 is 0 Å². The first-order valence-electron chi connectivity index (χ1n) is 10.5. The van der Waals surface area contributed by atoms with Gasteiger partial charge in [0.1, 0.15) is 5.65 Å². The molecule has 10 heteroatoms. The van der Waals surface area contributed by atoms with E-state index in [4.69, 9.17) is 0 Å². The molecular weight excluding hydrogens is 430 g/mol. The van der Waals surface area contributed by atoms with Crippen LogP contribution in [0, 0.1) is 13.8 Å². The van der Waals surface area contributed by atoms with Crippen LogP contribution in [0.1, 0.15) is 52.6 Å². The number of piperidine rings is 1. The summed E-state index contributed by atoms with van der Waals surface area (Å²) in [5.74, 6) is -0.253. The molecule has 1 aliphatic rings. The molecule has 0 bridgehead atoms. The molecule has 9 nitrogen and oxygen atoms in total. The van der Waals surface area contributed by atoms with Crippen molar-refractivity contribution in [1.29, 1.82) is 0 Å². The van der Waals surface area contributed by atoms with E-state index in [1.807, 2.05) is 13.0 Å². The lowest BCUT2D eigenvalue weighted by Crippen LogP contribution is -2.39. The number of nitrogens with one attached hydrogen (secondary N) is 1. The first kappa shape index (κ1) is 22.1. The molecule has 4 rings (SSSR count). The second kappa shape index (κ2) is 8.09. The Morgan fingerprint density at radius 3 is 2.66 bits per heavy atom. The summed E-state index contributed by atoms with van der Waals surface area (Å²) in [6, 6.07) is 8.22. The molecule has 3 aromatic rings. The largest absolute Gasteiger partial charge is 0.343 e. The van der Waals surface area contributed by atoms with Crippen LogP contribution in [-0.4, -0.2) is 53.7 Å². The van der Waals surface area contributed by atoms with Crippen LogP contribution in [0.4, 0.5) is 5.69 Å². The fraction of sp³-hybridized carbons (Fsp3) is 0.409. The van der Waals surface area contributed by atoms with Crippen molar-refractivity contribution in [3.8, 4) is 0 Å². The number of likely N-dealkylation sites (tertiary alicyclic amines) is 1. The van der Waals surface area contributed by atoms with Crippen LogP contribution in [0.25, 0.3) is 5.65 Å². The van der Waals surface area contributed by atoms with Crippen molar-refractivity contribution in [1.82, 2.24) is 19.5 Å². The topological polar surface area (TPSA) is 108 Å². The molecular formula is C22H27N5O4S. The molecule has 3 heterocycles. The zero-order chi connectivity index (χ0) is 23.2. The highest BCUT2D eigenvalue weighted by molar-refractivity contribution is 7.92. The highest BCUT2D eigenvalue weighted by Gasteiger charge is 2.32. The average molecular weight is 458 g/mol. The van der Waals surface area contributed by atoms with Gasteiger partial charge in [0.25, 0.3) is 11.5 Å². The summed E-state index contributed by atoms with van der Waals surface area (Å²) in [7, 11) is -2.09. The molecule has 0 spiro atoms. The fourth-order valence-electron chi connectivity index (χ4n) is 4.16. The molecule has 170 valence electrons. The molecule has 0 unspecified atom stereocenters. The van der Waals surface area contributed by atoms with E-state index < -0.39 is 10.0 Å². The van der Waals surface area contributed by atoms with Crippen LogP contribution in [0.2, 0.25) is 0 Å². The summed E-state index contributed by atoms with van der Waals surface area (Å²) in [6.07, 6.45) is 3.59. The van der Waals surface area contributed by atoms with Crippen LogP contribution >= 0.6 is 0 Å². The minimum absolute atomic E-state index is 0.184. The fourth-order valence-corrected chi connectivity index (χ4v) is 4.67. The van der Waals surface area contributed by atoms with Gasteiger partial charge in [0.05, 0.1) is 29.2 Å². The Bertz CT molecular complexity index is 1360. The van der Waals surface area contributed by atoms with Crippen LogP contribution in [0.15, 0.2) is 35.1 Å². The lowest BCUT2D eigenvalue weighted by Gasteiger charge is -2.35. The summed E-state index contributed by atoms with van der Waals surface area (Å²) in [5, 5.41) is 4.53. The second-order valence-corrected chi connectivity index (χ2v) is 10.3. The van der Waals surface area contributed by atoms with Gasteiger partial charge in [0, 0.05) is 30.9 Å². The third kappa shape index (κ3) is 3.79. The van der Waals surface area contributed by atoms with Crippen LogP contribution in [0.3, 0.4) is 0 Å². The molecule has 0 aliphatic carbocycles. The Labute approximate surface area is 186 Å². The van der Waals surface area contributed by atoms with Crippen molar-refractivity contribution in [3.05, 3.63) is 63.2 Å². The maximum atomic E-state index is 13.6. The molecule has 0 radical (unpaired) electrons. The maximum Gasteiger partial charge on any atom is 0.277 e. The Hall–Kier alpha value is -3.14. The Morgan fingerprint density at radius 1 is 1.22 bits per heavy atom. The van der Waals surface area contributed by atoms with E-state index in [1.54, 1.807) is 36.1 Å². The van der Waals surface area contributed by atoms with E-state index in [1.165, 1.54) is 11.6 Å². The summed E-state index contributed by atoms with van der Waals surface area (Å²) >= 11 is 0. The van der Waals surface area contributed by atoms with Gasteiger partial charge in [-0.15, -0.1) is 0 Å². The number of hydrogen-bond donors (Lipinski definition) is 1. The highest BCUT2D eigenvalue weighted by atomic mass is 32.2. The maximum absolute atomic E-state index is 13.6. The summed E-state index contributed by atoms with van der Waals surface area (Å²) < 4.78 is 26.7. The SMILES string of the molecule is Cc1[nH]c2cc([C@@H]3CCCCN3C(=O)c3ccccc3N(C)S(C)(=O)=O)nn2c(=O)c1C.